The minimum Gasteiger partial charge on any atom is -0.393 e. The fraction of sp³-hybridized carbons (Fsp3) is 1.00. The predicted molar refractivity (Wildman–Crippen MR) is 42.3 cm³/mol. The molecule has 2 N–H and O–H groups in total. The summed E-state index contributed by atoms with van der Waals surface area (Å²) >= 11 is 0. The Morgan fingerprint density at radius 3 is 2.46 bits per heavy atom. The summed E-state index contributed by atoms with van der Waals surface area (Å²) in [6.45, 7) is 1.17. The van der Waals surface area contributed by atoms with E-state index in [9.17, 15) is 18.3 Å². The maximum atomic E-state index is 12.0. The van der Waals surface area contributed by atoms with Crippen LogP contribution in [0.25, 0.3) is 0 Å². The maximum Gasteiger partial charge on any atom is 0.389 e. The summed E-state index contributed by atoms with van der Waals surface area (Å²) in [5.41, 5.74) is 0. The molecule has 2 unspecified atom stereocenters. The zero-order chi connectivity index (χ0) is 9.90. The van der Waals surface area contributed by atoms with Crippen molar-refractivity contribution < 1.29 is 18.3 Å². The van der Waals surface area contributed by atoms with Crippen molar-refractivity contribution in [1.29, 1.82) is 0 Å². The van der Waals surface area contributed by atoms with Crippen LogP contribution in [0.3, 0.4) is 0 Å². The molecule has 5 heteroatoms. The van der Waals surface area contributed by atoms with Crippen molar-refractivity contribution in [1.82, 2.24) is 5.32 Å². The van der Waals surface area contributed by atoms with Crippen LogP contribution in [0.4, 0.5) is 13.2 Å². The number of alkyl halides is 3. The maximum absolute atomic E-state index is 12.0. The van der Waals surface area contributed by atoms with Gasteiger partial charge in [-0.05, 0) is 31.8 Å². The van der Waals surface area contributed by atoms with Gasteiger partial charge in [0, 0.05) is 6.42 Å². The second-order valence-electron chi connectivity index (χ2n) is 3.47. The molecule has 1 aliphatic rings. The Bertz CT molecular complexity index is 160. The van der Waals surface area contributed by atoms with Gasteiger partial charge < -0.3 is 10.4 Å². The lowest BCUT2D eigenvalue weighted by Crippen LogP contribution is -2.26. The quantitative estimate of drug-likeness (QED) is 0.664. The molecule has 0 aromatic carbocycles. The highest BCUT2D eigenvalue weighted by Crippen LogP contribution is 2.29. The number of aliphatic hydroxyl groups is 1. The predicted octanol–water partition coefficient (Wildman–Crippen LogP) is 1.30. The van der Waals surface area contributed by atoms with Gasteiger partial charge in [0.2, 0.25) is 0 Å². The van der Waals surface area contributed by atoms with Crippen molar-refractivity contribution in [3.63, 3.8) is 0 Å². The third kappa shape index (κ3) is 3.95. The van der Waals surface area contributed by atoms with E-state index in [1.807, 2.05) is 0 Å². The van der Waals surface area contributed by atoms with Gasteiger partial charge in [-0.2, -0.15) is 13.2 Å². The summed E-state index contributed by atoms with van der Waals surface area (Å²) in [7, 11) is 0. The van der Waals surface area contributed by atoms with Crippen molar-refractivity contribution in [2.45, 2.75) is 31.5 Å². The van der Waals surface area contributed by atoms with Crippen LogP contribution in [0, 0.1) is 5.92 Å². The van der Waals surface area contributed by atoms with Crippen LogP contribution >= 0.6 is 0 Å². The Morgan fingerprint density at radius 1 is 1.23 bits per heavy atom. The second-order valence-corrected chi connectivity index (χ2v) is 3.47. The van der Waals surface area contributed by atoms with Crippen molar-refractivity contribution in [2.24, 2.45) is 5.92 Å². The van der Waals surface area contributed by atoms with E-state index in [1.54, 1.807) is 0 Å². The zero-order valence-electron chi connectivity index (χ0n) is 7.27. The summed E-state index contributed by atoms with van der Waals surface area (Å²) in [4.78, 5) is 0. The third-order valence-corrected chi connectivity index (χ3v) is 2.35. The van der Waals surface area contributed by atoms with Gasteiger partial charge >= 0.3 is 6.18 Å². The smallest absolute Gasteiger partial charge is 0.389 e. The van der Waals surface area contributed by atoms with Crippen LogP contribution in [0.2, 0.25) is 0 Å². The Morgan fingerprint density at radius 2 is 1.85 bits per heavy atom. The molecule has 1 rings (SSSR count). The highest BCUT2D eigenvalue weighted by Gasteiger charge is 2.35. The summed E-state index contributed by atoms with van der Waals surface area (Å²) in [6.07, 6.45) is -5.01. The van der Waals surface area contributed by atoms with E-state index in [0.29, 0.717) is 25.9 Å². The van der Waals surface area contributed by atoms with Crippen molar-refractivity contribution in [3.8, 4) is 0 Å². The number of rotatable bonds is 1. The molecule has 2 atom stereocenters. The molecule has 0 aliphatic carbocycles. The van der Waals surface area contributed by atoms with Gasteiger partial charge in [0.25, 0.3) is 0 Å². The normalized spacial score (nSPS) is 31.4. The highest BCUT2D eigenvalue weighted by molar-refractivity contribution is 4.76. The van der Waals surface area contributed by atoms with Gasteiger partial charge in [-0.15, -0.1) is 0 Å². The highest BCUT2D eigenvalue weighted by atomic mass is 19.4. The van der Waals surface area contributed by atoms with E-state index in [0.717, 1.165) is 0 Å². The number of aliphatic hydroxyl groups excluding tert-OH is 1. The molecule has 78 valence electrons. The molecule has 0 aromatic rings. The Labute approximate surface area is 75.1 Å². The van der Waals surface area contributed by atoms with Gasteiger partial charge in [0.15, 0.2) is 0 Å². The molecule has 13 heavy (non-hydrogen) atoms. The SMILES string of the molecule is OC1CCNCCC1CC(F)(F)F. The Balaban J connectivity index is 2.45. The van der Waals surface area contributed by atoms with Gasteiger partial charge in [0.05, 0.1) is 6.10 Å². The van der Waals surface area contributed by atoms with Crippen LogP contribution in [0.15, 0.2) is 0 Å². The summed E-state index contributed by atoms with van der Waals surface area (Å²) in [5, 5.41) is 12.3. The molecule has 0 bridgehead atoms. The van der Waals surface area contributed by atoms with E-state index >= 15 is 0 Å². The van der Waals surface area contributed by atoms with E-state index in [4.69, 9.17) is 0 Å². The minimum atomic E-state index is -4.16. The topological polar surface area (TPSA) is 32.3 Å². The van der Waals surface area contributed by atoms with Crippen LogP contribution in [-0.4, -0.2) is 30.5 Å². The first-order valence-electron chi connectivity index (χ1n) is 4.44. The fourth-order valence-corrected chi connectivity index (χ4v) is 1.63. The second kappa shape index (κ2) is 4.28. The lowest BCUT2D eigenvalue weighted by molar-refractivity contribution is -0.152. The first-order chi connectivity index (χ1) is 5.99. The zero-order valence-corrected chi connectivity index (χ0v) is 7.27. The van der Waals surface area contributed by atoms with Gasteiger partial charge in [-0.3, -0.25) is 0 Å². The standard InChI is InChI=1S/C8H14F3NO/c9-8(10,11)5-6-1-3-12-4-2-7(6)13/h6-7,12-13H,1-5H2. The van der Waals surface area contributed by atoms with Gasteiger partial charge in [-0.1, -0.05) is 0 Å². The molecule has 0 saturated carbocycles. The van der Waals surface area contributed by atoms with E-state index in [-0.39, 0.29) is 0 Å². The first-order valence-corrected chi connectivity index (χ1v) is 4.44. The van der Waals surface area contributed by atoms with E-state index in [2.05, 4.69) is 5.32 Å². The summed E-state index contributed by atoms with van der Waals surface area (Å²) in [6, 6.07) is 0. The molecular formula is C8H14F3NO. The summed E-state index contributed by atoms with van der Waals surface area (Å²) in [5.74, 6) is -0.630. The van der Waals surface area contributed by atoms with E-state index < -0.39 is 24.6 Å². The van der Waals surface area contributed by atoms with E-state index in [1.165, 1.54) is 0 Å². The number of halogens is 3. The average Bonchev–Trinajstić information content (AvgIpc) is 2.14. The first kappa shape index (κ1) is 10.8. The summed E-state index contributed by atoms with van der Waals surface area (Å²) < 4.78 is 36.0. The Kier molecular flexibility index (Phi) is 3.55. The molecule has 1 fully saturated rings. The number of nitrogens with one attached hydrogen (secondary N) is 1. The molecule has 2 nitrogen and oxygen atoms in total. The van der Waals surface area contributed by atoms with Crippen LogP contribution in [0.5, 0.6) is 0 Å². The average molecular weight is 197 g/mol. The molecule has 0 amide bonds. The Hall–Kier alpha value is -0.290. The molecule has 1 heterocycles. The lowest BCUT2D eigenvalue weighted by Gasteiger charge is -2.20. The van der Waals surface area contributed by atoms with Crippen molar-refractivity contribution in [3.05, 3.63) is 0 Å². The van der Waals surface area contributed by atoms with Gasteiger partial charge in [0.1, 0.15) is 0 Å². The minimum absolute atomic E-state index is 0.403. The molecule has 0 spiro atoms. The largest absolute Gasteiger partial charge is 0.393 e. The van der Waals surface area contributed by atoms with Gasteiger partial charge in [-0.25, -0.2) is 0 Å². The molecule has 0 aromatic heterocycles. The number of hydrogen-bond acceptors (Lipinski definition) is 2. The molecular weight excluding hydrogens is 183 g/mol. The van der Waals surface area contributed by atoms with Crippen LogP contribution in [0.1, 0.15) is 19.3 Å². The fourth-order valence-electron chi connectivity index (χ4n) is 1.63. The number of hydrogen-bond donors (Lipinski definition) is 2. The monoisotopic (exact) mass is 197 g/mol. The lowest BCUT2D eigenvalue weighted by atomic mass is 9.94. The molecule has 0 radical (unpaired) electrons. The van der Waals surface area contributed by atoms with Crippen molar-refractivity contribution in [2.75, 3.05) is 13.1 Å². The van der Waals surface area contributed by atoms with Crippen LogP contribution < -0.4 is 5.32 Å². The van der Waals surface area contributed by atoms with Crippen molar-refractivity contribution >= 4 is 0 Å². The third-order valence-electron chi connectivity index (χ3n) is 2.35. The molecule has 1 aliphatic heterocycles. The molecule has 1 saturated heterocycles. The van der Waals surface area contributed by atoms with Crippen LogP contribution in [-0.2, 0) is 0 Å².